The number of hydrogen-bond acceptors (Lipinski definition) is 7. The van der Waals surface area contributed by atoms with Crippen LogP contribution in [0.3, 0.4) is 0 Å². The molecule has 2 aromatic carbocycles. The minimum Gasteiger partial charge on any atom is -0.496 e. The van der Waals surface area contributed by atoms with E-state index in [4.69, 9.17) is 31.2 Å². The molecule has 1 aliphatic rings. The molecule has 5 rings (SSSR count). The molecule has 1 amide bonds. The normalized spacial score (nSPS) is 15.0. The highest BCUT2D eigenvalue weighted by molar-refractivity contribution is 6.31. The summed E-state index contributed by atoms with van der Waals surface area (Å²) in [5.41, 5.74) is 9.14. The number of carbonyl (C=O) groups is 1. The molecule has 1 saturated heterocycles. The summed E-state index contributed by atoms with van der Waals surface area (Å²) in [7, 11) is 3.53. The maximum absolute atomic E-state index is 14.2. The Bertz CT molecular complexity index is 1480. The lowest BCUT2D eigenvalue weighted by molar-refractivity contribution is 0.0664. The van der Waals surface area contributed by atoms with Crippen molar-refractivity contribution in [2.24, 2.45) is 0 Å². The van der Waals surface area contributed by atoms with Gasteiger partial charge in [0.2, 0.25) is 5.75 Å². The van der Waals surface area contributed by atoms with Crippen molar-refractivity contribution in [3.63, 3.8) is 0 Å². The molecule has 2 aromatic heterocycles. The van der Waals surface area contributed by atoms with Gasteiger partial charge in [-0.15, -0.1) is 0 Å². The Morgan fingerprint density at radius 1 is 1.16 bits per heavy atom. The SMILES string of the molecule is COc1ccc(F)c(Cl)c1[C@@H](C)Oc1c(N)ncc2c(-c3ccc(C(=O)N4CCN(C)CC4)cc3)coc12. The van der Waals surface area contributed by atoms with Crippen LogP contribution in [0.15, 0.2) is 53.3 Å². The lowest BCUT2D eigenvalue weighted by Gasteiger charge is -2.32. The zero-order valence-electron chi connectivity index (χ0n) is 21.3. The van der Waals surface area contributed by atoms with Crippen LogP contribution in [0.4, 0.5) is 10.2 Å². The number of carbonyl (C=O) groups excluding carboxylic acids is 1. The molecule has 0 bridgehead atoms. The number of halogens is 2. The van der Waals surface area contributed by atoms with Crippen molar-refractivity contribution < 1.29 is 23.1 Å². The van der Waals surface area contributed by atoms with Gasteiger partial charge in [0.05, 0.1) is 29.3 Å². The number of piperazine rings is 1. The van der Waals surface area contributed by atoms with Crippen molar-refractivity contribution in [1.82, 2.24) is 14.8 Å². The van der Waals surface area contributed by atoms with Gasteiger partial charge in [-0.2, -0.15) is 0 Å². The van der Waals surface area contributed by atoms with Crippen LogP contribution in [0.2, 0.25) is 5.02 Å². The van der Waals surface area contributed by atoms with Crippen molar-refractivity contribution in [2.45, 2.75) is 13.0 Å². The molecular formula is C28H28ClFN4O4. The van der Waals surface area contributed by atoms with Gasteiger partial charge in [-0.05, 0) is 43.8 Å². The molecule has 8 nitrogen and oxygen atoms in total. The van der Waals surface area contributed by atoms with E-state index in [1.54, 1.807) is 19.4 Å². The second-order valence-corrected chi connectivity index (χ2v) is 9.65. The summed E-state index contributed by atoms with van der Waals surface area (Å²) >= 11 is 6.24. The van der Waals surface area contributed by atoms with E-state index in [9.17, 15) is 9.18 Å². The summed E-state index contributed by atoms with van der Waals surface area (Å²) < 4.78 is 31.6. The number of nitrogens with zero attached hydrogens (tertiary/aromatic N) is 3. The lowest BCUT2D eigenvalue weighted by Crippen LogP contribution is -2.47. The van der Waals surface area contributed by atoms with E-state index in [2.05, 4.69) is 16.9 Å². The molecule has 0 aliphatic carbocycles. The van der Waals surface area contributed by atoms with Crippen molar-refractivity contribution in [1.29, 1.82) is 0 Å². The van der Waals surface area contributed by atoms with Crippen LogP contribution in [-0.2, 0) is 0 Å². The predicted octanol–water partition coefficient (Wildman–Crippen LogP) is 5.41. The molecule has 2 N–H and O–H groups in total. The van der Waals surface area contributed by atoms with Crippen LogP contribution in [0.1, 0.15) is 28.9 Å². The summed E-state index contributed by atoms with van der Waals surface area (Å²) in [4.78, 5) is 21.3. The molecular weight excluding hydrogens is 511 g/mol. The van der Waals surface area contributed by atoms with Crippen LogP contribution in [0, 0.1) is 5.82 Å². The first-order valence-electron chi connectivity index (χ1n) is 12.2. The number of hydrogen-bond donors (Lipinski definition) is 1. The van der Waals surface area contributed by atoms with Crippen LogP contribution in [0.5, 0.6) is 11.5 Å². The maximum Gasteiger partial charge on any atom is 0.253 e. The molecule has 0 spiro atoms. The average Bonchev–Trinajstić information content (AvgIpc) is 3.36. The third-order valence-electron chi connectivity index (χ3n) is 6.85. The van der Waals surface area contributed by atoms with E-state index in [-0.39, 0.29) is 22.5 Å². The van der Waals surface area contributed by atoms with E-state index < -0.39 is 11.9 Å². The van der Waals surface area contributed by atoms with Gasteiger partial charge >= 0.3 is 0 Å². The van der Waals surface area contributed by atoms with Gasteiger partial charge < -0.3 is 29.4 Å². The highest BCUT2D eigenvalue weighted by Crippen LogP contribution is 2.42. The van der Waals surface area contributed by atoms with Gasteiger partial charge in [-0.25, -0.2) is 9.37 Å². The third kappa shape index (κ3) is 4.75. The number of furan rings is 1. The number of nitrogens with two attached hydrogens (primary N) is 1. The van der Waals surface area contributed by atoms with Crippen molar-refractivity contribution in [3.05, 3.63) is 70.8 Å². The number of nitrogen functional groups attached to an aromatic ring is 1. The van der Waals surface area contributed by atoms with Crippen LogP contribution < -0.4 is 15.2 Å². The van der Waals surface area contributed by atoms with Crippen LogP contribution in [0.25, 0.3) is 22.1 Å². The zero-order valence-corrected chi connectivity index (χ0v) is 22.1. The summed E-state index contributed by atoms with van der Waals surface area (Å²) in [5.74, 6) is 0.147. The topological polar surface area (TPSA) is 94.1 Å². The molecule has 1 atom stereocenters. The number of likely N-dealkylation sites (N-methyl/N-ethyl adjacent to an activating group) is 1. The molecule has 4 aromatic rings. The Kier molecular flexibility index (Phi) is 7.14. The Morgan fingerprint density at radius 2 is 1.87 bits per heavy atom. The molecule has 0 saturated carbocycles. The Morgan fingerprint density at radius 3 is 2.55 bits per heavy atom. The number of ether oxygens (including phenoxy) is 2. The summed E-state index contributed by atoms with van der Waals surface area (Å²) in [5, 5.41) is 0.582. The van der Waals surface area contributed by atoms with Gasteiger partial charge in [-0.3, -0.25) is 4.79 Å². The van der Waals surface area contributed by atoms with Gasteiger partial charge in [0.15, 0.2) is 11.4 Å². The number of anilines is 1. The molecule has 38 heavy (non-hydrogen) atoms. The van der Waals surface area contributed by atoms with E-state index in [0.29, 0.717) is 40.9 Å². The summed E-state index contributed by atoms with van der Waals surface area (Å²) in [6, 6.07) is 10.1. The first-order valence-corrected chi connectivity index (χ1v) is 12.6. The fourth-order valence-corrected chi connectivity index (χ4v) is 4.95. The van der Waals surface area contributed by atoms with E-state index >= 15 is 0 Å². The number of benzene rings is 2. The number of aromatic nitrogens is 1. The van der Waals surface area contributed by atoms with E-state index in [0.717, 1.165) is 24.2 Å². The van der Waals surface area contributed by atoms with Crippen LogP contribution >= 0.6 is 11.6 Å². The Hall–Kier alpha value is -3.82. The summed E-state index contributed by atoms with van der Waals surface area (Å²) in [6.45, 7) is 4.86. The minimum atomic E-state index is -0.726. The lowest BCUT2D eigenvalue weighted by atomic mass is 10.0. The minimum absolute atomic E-state index is 0.0206. The first-order chi connectivity index (χ1) is 18.3. The molecule has 1 aliphatic heterocycles. The molecule has 0 radical (unpaired) electrons. The summed E-state index contributed by atoms with van der Waals surface area (Å²) in [6.07, 6.45) is 2.48. The molecule has 198 valence electrons. The highest BCUT2D eigenvalue weighted by Gasteiger charge is 2.25. The highest BCUT2D eigenvalue weighted by atomic mass is 35.5. The quantitative estimate of drug-likeness (QED) is 0.351. The average molecular weight is 539 g/mol. The number of fused-ring (bicyclic) bond motifs is 1. The smallest absolute Gasteiger partial charge is 0.253 e. The number of methoxy groups -OCH3 is 1. The number of rotatable bonds is 6. The number of pyridine rings is 1. The van der Waals surface area contributed by atoms with Crippen molar-refractivity contribution in [2.75, 3.05) is 46.1 Å². The molecule has 0 unspecified atom stereocenters. The second-order valence-electron chi connectivity index (χ2n) is 9.27. The van der Waals surface area contributed by atoms with Gasteiger partial charge in [0, 0.05) is 43.5 Å². The van der Waals surface area contributed by atoms with Crippen molar-refractivity contribution in [3.8, 4) is 22.6 Å². The van der Waals surface area contributed by atoms with Crippen molar-refractivity contribution >= 4 is 34.3 Å². The van der Waals surface area contributed by atoms with Gasteiger partial charge in [-0.1, -0.05) is 23.7 Å². The molecule has 1 fully saturated rings. The monoisotopic (exact) mass is 538 g/mol. The fourth-order valence-electron chi connectivity index (χ4n) is 4.64. The third-order valence-corrected chi connectivity index (χ3v) is 7.23. The van der Waals surface area contributed by atoms with E-state index in [1.165, 1.54) is 19.2 Å². The van der Waals surface area contributed by atoms with Crippen LogP contribution in [-0.4, -0.2) is 61.0 Å². The van der Waals surface area contributed by atoms with Gasteiger partial charge in [0.1, 0.15) is 17.7 Å². The largest absolute Gasteiger partial charge is 0.496 e. The zero-order chi connectivity index (χ0) is 27.0. The maximum atomic E-state index is 14.2. The Balaban J connectivity index is 1.43. The second kappa shape index (κ2) is 10.5. The predicted molar refractivity (Wildman–Crippen MR) is 144 cm³/mol. The standard InChI is InChI=1S/C28H28ClFN4O4/c1-16(23-22(36-3)9-8-21(30)24(23)29)38-26-25-19(14-32-27(26)31)20(15-37-25)17-4-6-18(7-5-17)28(35)34-12-10-33(2)11-13-34/h4-9,14-16H,10-13H2,1-3H3,(H2,31,32)/t16-/m1/s1. The fraction of sp³-hybridized carbons (Fsp3) is 0.286. The Labute approximate surface area is 224 Å². The molecule has 3 heterocycles. The van der Waals surface area contributed by atoms with Gasteiger partial charge in [0.25, 0.3) is 5.91 Å². The number of amides is 1. The molecule has 10 heteroatoms. The van der Waals surface area contributed by atoms with E-state index in [1.807, 2.05) is 29.2 Å². The first kappa shape index (κ1) is 25.8.